The van der Waals surface area contributed by atoms with Crippen molar-refractivity contribution in [3.05, 3.63) is 28.9 Å². The molecule has 2 fully saturated rings. The molecular formula is C24H31N7O3S. The fraction of sp³-hybridized carbons (Fsp3) is 0.500. The number of aliphatic hydroxyl groups is 1. The number of hydrogen-bond acceptors (Lipinski definition) is 10. The van der Waals surface area contributed by atoms with E-state index in [-0.39, 0.29) is 11.9 Å². The number of morpholine rings is 1. The number of aromatic nitrogens is 3. The number of piperazine rings is 1. The molecule has 0 bridgehead atoms. The largest absolute Gasteiger partial charge is 0.384 e. The molecule has 3 N–H and O–H groups in total. The van der Waals surface area contributed by atoms with Crippen LogP contribution >= 0.6 is 11.3 Å². The molecule has 2 aliphatic heterocycles. The number of nitrogen functional groups attached to an aromatic ring is 1. The van der Waals surface area contributed by atoms with Crippen molar-refractivity contribution in [3.63, 3.8) is 0 Å². The molecule has 2 saturated heterocycles. The fourth-order valence-corrected chi connectivity index (χ4v) is 5.95. The van der Waals surface area contributed by atoms with E-state index in [4.69, 9.17) is 15.5 Å². The summed E-state index contributed by atoms with van der Waals surface area (Å²) in [7, 11) is 0. The van der Waals surface area contributed by atoms with Crippen LogP contribution in [0.2, 0.25) is 0 Å². The lowest BCUT2D eigenvalue weighted by molar-refractivity contribution is -0.141. The molecule has 0 aromatic carbocycles. The van der Waals surface area contributed by atoms with E-state index in [1.807, 2.05) is 0 Å². The highest BCUT2D eigenvalue weighted by Crippen LogP contribution is 2.39. The summed E-state index contributed by atoms with van der Waals surface area (Å²) in [5.41, 5.74) is 8.61. The van der Waals surface area contributed by atoms with E-state index in [9.17, 15) is 9.90 Å². The van der Waals surface area contributed by atoms with Gasteiger partial charge in [0, 0.05) is 74.0 Å². The van der Waals surface area contributed by atoms with Gasteiger partial charge in [-0.25, -0.2) is 15.0 Å². The van der Waals surface area contributed by atoms with Gasteiger partial charge in [-0.05, 0) is 25.5 Å². The van der Waals surface area contributed by atoms with Crippen LogP contribution in [-0.2, 0) is 16.1 Å². The quantitative estimate of drug-likeness (QED) is 0.540. The molecule has 0 unspecified atom stereocenters. The lowest BCUT2D eigenvalue weighted by Crippen LogP contribution is -2.50. The summed E-state index contributed by atoms with van der Waals surface area (Å²) in [6, 6.07) is 2.13. The number of pyridine rings is 1. The van der Waals surface area contributed by atoms with Gasteiger partial charge in [-0.1, -0.05) is 0 Å². The average Bonchev–Trinajstić information content (AvgIpc) is 3.19. The molecule has 0 radical (unpaired) electrons. The summed E-state index contributed by atoms with van der Waals surface area (Å²) in [6.45, 7) is 10.3. The first kappa shape index (κ1) is 23.9. The number of aryl methyl sites for hydroxylation is 1. The van der Waals surface area contributed by atoms with Crippen LogP contribution < -0.4 is 10.6 Å². The Balaban J connectivity index is 1.45. The Bertz CT molecular complexity index is 1200. The van der Waals surface area contributed by atoms with Crippen molar-refractivity contribution < 1.29 is 14.6 Å². The van der Waals surface area contributed by atoms with E-state index in [2.05, 4.69) is 32.8 Å². The summed E-state index contributed by atoms with van der Waals surface area (Å²) >= 11 is 1.80. The van der Waals surface area contributed by atoms with E-state index < -0.39 is 6.10 Å². The predicted octanol–water partition coefficient (Wildman–Crippen LogP) is 1.51. The number of amides is 1. The number of aliphatic hydroxyl groups excluding tert-OH is 1. The molecule has 10 nitrogen and oxygen atoms in total. The van der Waals surface area contributed by atoms with Gasteiger partial charge in [-0.3, -0.25) is 9.69 Å². The molecule has 1 amide bonds. The molecule has 3 aromatic heterocycles. The van der Waals surface area contributed by atoms with Crippen molar-refractivity contribution in [2.45, 2.75) is 26.5 Å². The van der Waals surface area contributed by atoms with Crippen LogP contribution in [-0.4, -0.2) is 94.4 Å². The van der Waals surface area contributed by atoms with Crippen molar-refractivity contribution in [3.8, 4) is 11.3 Å². The maximum atomic E-state index is 12.1. The highest BCUT2D eigenvalue weighted by atomic mass is 32.1. The molecule has 5 heterocycles. The lowest BCUT2D eigenvalue weighted by atomic mass is 10.1. The van der Waals surface area contributed by atoms with Gasteiger partial charge in [0.2, 0.25) is 5.95 Å². The second-order valence-electron chi connectivity index (χ2n) is 9.06. The minimum atomic E-state index is -0.946. The minimum absolute atomic E-state index is 0.192. The smallest absolute Gasteiger partial charge is 0.251 e. The van der Waals surface area contributed by atoms with E-state index >= 15 is 0 Å². The monoisotopic (exact) mass is 497 g/mol. The molecule has 2 aliphatic rings. The van der Waals surface area contributed by atoms with E-state index in [0.29, 0.717) is 26.3 Å². The Hall–Kier alpha value is -2.86. The minimum Gasteiger partial charge on any atom is -0.384 e. The van der Waals surface area contributed by atoms with Crippen LogP contribution in [0.5, 0.6) is 0 Å². The molecule has 1 atom stereocenters. The number of rotatable bonds is 5. The topological polar surface area (TPSA) is 121 Å². The molecule has 5 rings (SSSR count). The summed E-state index contributed by atoms with van der Waals surface area (Å²) < 4.78 is 6.76. The SMILES string of the molecule is Cc1c(CN2CCN(C(=O)[C@H](C)O)CC2)sc2c(N3CCOCC3)nc(-c3cnc(N)nc3)cc12. The van der Waals surface area contributed by atoms with Crippen LogP contribution in [0.1, 0.15) is 17.4 Å². The number of fused-ring (bicyclic) bond motifs is 1. The highest BCUT2D eigenvalue weighted by Gasteiger charge is 2.26. The summed E-state index contributed by atoms with van der Waals surface area (Å²) in [6.07, 6.45) is 2.49. The van der Waals surface area contributed by atoms with Crippen molar-refractivity contribution in [2.24, 2.45) is 0 Å². The zero-order valence-corrected chi connectivity index (χ0v) is 20.9. The van der Waals surface area contributed by atoms with Crippen molar-refractivity contribution in [2.75, 3.05) is 63.1 Å². The van der Waals surface area contributed by atoms with E-state index in [1.165, 1.54) is 27.5 Å². The first-order valence-corrected chi connectivity index (χ1v) is 12.7. The predicted molar refractivity (Wildman–Crippen MR) is 136 cm³/mol. The van der Waals surface area contributed by atoms with Gasteiger partial charge in [0.1, 0.15) is 11.9 Å². The van der Waals surface area contributed by atoms with E-state index in [1.54, 1.807) is 28.6 Å². The number of nitrogens with zero attached hydrogens (tertiary/aromatic N) is 6. The van der Waals surface area contributed by atoms with Gasteiger partial charge in [0.05, 0.1) is 23.6 Å². The van der Waals surface area contributed by atoms with Gasteiger partial charge in [0.25, 0.3) is 5.91 Å². The number of hydrogen-bond donors (Lipinski definition) is 2. The fourth-order valence-electron chi connectivity index (χ4n) is 4.60. The standard InChI is InChI=1S/C24H31N7O3S/c1-15-18-11-19(17-12-26-24(25)27-13-17)28-22(30-7-9-34-10-8-30)21(18)35-20(15)14-29-3-5-31(6-4-29)23(33)16(2)32/h11-13,16,32H,3-10,14H2,1-2H3,(H2,25,26,27)/t16-/m0/s1. The molecule has 0 aliphatic carbocycles. The van der Waals surface area contributed by atoms with Crippen LogP contribution in [0.3, 0.4) is 0 Å². The molecule has 3 aromatic rings. The number of thiophene rings is 1. The molecule has 35 heavy (non-hydrogen) atoms. The summed E-state index contributed by atoms with van der Waals surface area (Å²) in [5.74, 6) is 1.03. The Morgan fingerprint density at radius 3 is 2.51 bits per heavy atom. The molecule has 186 valence electrons. The third kappa shape index (κ3) is 4.94. The Morgan fingerprint density at radius 1 is 1.17 bits per heavy atom. The lowest BCUT2D eigenvalue weighted by Gasteiger charge is -2.35. The number of carbonyl (C=O) groups excluding carboxylic acids is 1. The Morgan fingerprint density at radius 2 is 1.86 bits per heavy atom. The first-order chi connectivity index (χ1) is 16.9. The van der Waals surface area contributed by atoms with Crippen LogP contribution in [0.15, 0.2) is 18.5 Å². The van der Waals surface area contributed by atoms with Gasteiger partial charge in [-0.2, -0.15) is 0 Å². The maximum Gasteiger partial charge on any atom is 0.251 e. The first-order valence-electron chi connectivity index (χ1n) is 11.9. The zero-order chi connectivity index (χ0) is 24.5. The molecule has 0 saturated carbocycles. The normalized spacial score (nSPS) is 18.3. The van der Waals surface area contributed by atoms with Gasteiger partial charge in [0.15, 0.2) is 0 Å². The number of anilines is 2. The van der Waals surface area contributed by atoms with Crippen molar-refractivity contribution in [1.82, 2.24) is 24.8 Å². The second kappa shape index (κ2) is 10.0. The number of carbonyl (C=O) groups is 1. The molecule has 0 spiro atoms. The average molecular weight is 498 g/mol. The second-order valence-corrected chi connectivity index (χ2v) is 10.2. The van der Waals surface area contributed by atoms with Crippen LogP contribution in [0.25, 0.3) is 21.3 Å². The Labute approximate surface area is 208 Å². The van der Waals surface area contributed by atoms with Gasteiger partial charge < -0.3 is 25.4 Å². The maximum absolute atomic E-state index is 12.1. The van der Waals surface area contributed by atoms with Crippen molar-refractivity contribution >= 4 is 39.1 Å². The third-order valence-corrected chi connectivity index (χ3v) is 7.98. The summed E-state index contributed by atoms with van der Waals surface area (Å²) in [4.78, 5) is 33.2. The number of nitrogens with two attached hydrogens (primary N) is 1. The Kier molecular flexibility index (Phi) is 6.83. The van der Waals surface area contributed by atoms with Gasteiger partial charge >= 0.3 is 0 Å². The summed E-state index contributed by atoms with van der Waals surface area (Å²) in [5, 5.41) is 10.8. The zero-order valence-electron chi connectivity index (χ0n) is 20.1. The molecule has 11 heteroatoms. The molecular weight excluding hydrogens is 466 g/mol. The van der Waals surface area contributed by atoms with E-state index in [0.717, 1.165) is 49.8 Å². The van der Waals surface area contributed by atoms with Crippen LogP contribution in [0.4, 0.5) is 11.8 Å². The number of ether oxygens (including phenoxy) is 1. The van der Waals surface area contributed by atoms with Gasteiger partial charge in [-0.15, -0.1) is 11.3 Å². The van der Waals surface area contributed by atoms with Crippen molar-refractivity contribution in [1.29, 1.82) is 0 Å². The third-order valence-electron chi connectivity index (χ3n) is 6.69. The van der Waals surface area contributed by atoms with Crippen LogP contribution in [0, 0.1) is 6.92 Å². The highest BCUT2D eigenvalue weighted by molar-refractivity contribution is 7.19.